The summed E-state index contributed by atoms with van der Waals surface area (Å²) in [6.45, 7) is 6.77. The summed E-state index contributed by atoms with van der Waals surface area (Å²) in [6.07, 6.45) is 0.698. The van der Waals surface area contributed by atoms with Crippen molar-refractivity contribution in [3.8, 4) is 5.75 Å². The highest BCUT2D eigenvalue weighted by Crippen LogP contribution is 2.13. The molecule has 2 aromatic carbocycles. The lowest BCUT2D eigenvalue weighted by molar-refractivity contribution is -0.123. The Kier molecular flexibility index (Phi) is 7.87. The number of nitrogens with two attached hydrogens (primary N) is 1. The molecule has 150 valence electrons. The van der Waals surface area contributed by atoms with Gasteiger partial charge >= 0.3 is 0 Å². The molecule has 0 spiro atoms. The van der Waals surface area contributed by atoms with Gasteiger partial charge in [0.05, 0.1) is 6.61 Å². The molecule has 2 rings (SSSR count). The summed E-state index contributed by atoms with van der Waals surface area (Å²) in [5.74, 6) is 0.197. The lowest BCUT2D eigenvalue weighted by atomic mass is 10.0. The van der Waals surface area contributed by atoms with E-state index in [1.165, 1.54) is 0 Å². The van der Waals surface area contributed by atoms with E-state index < -0.39 is 6.04 Å². The fraction of sp³-hybridized carbons (Fsp3) is 0.364. The molecule has 0 bridgehead atoms. The summed E-state index contributed by atoms with van der Waals surface area (Å²) in [7, 11) is 0. The van der Waals surface area contributed by atoms with Crippen LogP contribution in [0.25, 0.3) is 0 Å². The normalized spacial score (nSPS) is 11.7. The number of carbonyl (C=O) groups is 2. The molecule has 0 radical (unpaired) electrons. The average molecular weight is 383 g/mol. The Morgan fingerprint density at radius 2 is 1.68 bits per heavy atom. The first kappa shape index (κ1) is 21.3. The van der Waals surface area contributed by atoms with Crippen LogP contribution in [0.15, 0.2) is 48.5 Å². The highest BCUT2D eigenvalue weighted by molar-refractivity contribution is 5.97. The molecule has 0 aliphatic rings. The molecular formula is C22H29N3O3. The third-order valence-electron chi connectivity index (χ3n) is 4.36. The molecule has 2 amide bonds. The molecule has 0 aliphatic heterocycles. The number of hydrogen-bond acceptors (Lipinski definition) is 4. The van der Waals surface area contributed by atoms with E-state index in [0.717, 1.165) is 5.56 Å². The fourth-order valence-electron chi connectivity index (χ4n) is 2.75. The number of anilines is 1. The summed E-state index contributed by atoms with van der Waals surface area (Å²) < 4.78 is 5.38. The minimum atomic E-state index is -0.606. The van der Waals surface area contributed by atoms with Gasteiger partial charge in [0, 0.05) is 17.8 Å². The molecule has 6 heteroatoms. The molecule has 0 aliphatic carbocycles. The molecule has 6 nitrogen and oxygen atoms in total. The van der Waals surface area contributed by atoms with Crippen molar-refractivity contribution in [3.63, 3.8) is 0 Å². The molecule has 1 unspecified atom stereocenters. The number of ether oxygens (including phenoxy) is 1. The van der Waals surface area contributed by atoms with E-state index in [0.29, 0.717) is 36.6 Å². The lowest BCUT2D eigenvalue weighted by Gasteiger charge is -2.22. The van der Waals surface area contributed by atoms with Crippen molar-refractivity contribution in [2.45, 2.75) is 33.2 Å². The number of amides is 2. The van der Waals surface area contributed by atoms with Crippen LogP contribution in [0.3, 0.4) is 0 Å². The van der Waals surface area contributed by atoms with E-state index in [1.807, 2.05) is 45.0 Å². The zero-order valence-corrected chi connectivity index (χ0v) is 16.7. The predicted molar refractivity (Wildman–Crippen MR) is 111 cm³/mol. The van der Waals surface area contributed by atoms with Gasteiger partial charge in [-0.3, -0.25) is 9.59 Å². The quantitative estimate of drug-likeness (QED) is 0.581. The minimum absolute atomic E-state index is 0.0387. The average Bonchev–Trinajstić information content (AvgIpc) is 2.68. The number of carbonyl (C=O) groups excluding carboxylic acids is 2. The van der Waals surface area contributed by atoms with Gasteiger partial charge in [-0.15, -0.1) is 0 Å². The van der Waals surface area contributed by atoms with Gasteiger partial charge in [-0.05, 0) is 61.2 Å². The van der Waals surface area contributed by atoms with Gasteiger partial charge in [0.25, 0.3) is 5.91 Å². The second-order valence-corrected chi connectivity index (χ2v) is 6.94. The van der Waals surface area contributed by atoms with Crippen LogP contribution in [0.1, 0.15) is 36.7 Å². The highest BCUT2D eigenvalue weighted by Gasteiger charge is 2.24. The second-order valence-electron chi connectivity index (χ2n) is 6.94. The van der Waals surface area contributed by atoms with Gasteiger partial charge in [0.1, 0.15) is 11.8 Å². The smallest absolute Gasteiger partial charge is 0.251 e. The maximum atomic E-state index is 12.6. The molecule has 0 saturated carbocycles. The maximum Gasteiger partial charge on any atom is 0.251 e. The molecule has 0 fully saturated rings. The zero-order chi connectivity index (χ0) is 20.5. The molecule has 0 saturated heterocycles. The van der Waals surface area contributed by atoms with E-state index in [-0.39, 0.29) is 17.7 Å². The molecule has 28 heavy (non-hydrogen) atoms. The standard InChI is InChI=1S/C22H29N3O3/c1-4-28-19-11-7-17(8-12-19)21(26)25-20(15(2)3)22(27)24-14-13-16-5-9-18(23)10-6-16/h5-12,15,20H,4,13-14,23H2,1-3H3,(H,24,27)(H,25,26). The van der Waals surface area contributed by atoms with Gasteiger partial charge in [-0.2, -0.15) is 0 Å². The molecule has 2 aromatic rings. The van der Waals surface area contributed by atoms with Crippen LogP contribution in [0.5, 0.6) is 5.75 Å². The van der Waals surface area contributed by atoms with Crippen molar-refractivity contribution in [2.75, 3.05) is 18.9 Å². The lowest BCUT2D eigenvalue weighted by Crippen LogP contribution is -2.50. The predicted octanol–water partition coefficient (Wildman–Crippen LogP) is 2.78. The van der Waals surface area contributed by atoms with Gasteiger partial charge in [0.2, 0.25) is 5.91 Å². The third-order valence-corrected chi connectivity index (χ3v) is 4.36. The monoisotopic (exact) mass is 383 g/mol. The Bertz CT molecular complexity index is 771. The largest absolute Gasteiger partial charge is 0.494 e. The summed E-state index contributed by atoms with van der Waals surface area (Å²) in [6, 6.07) is 13.8. The number of rotatable bonds is 9. The first-order chi connectivity index (χ1) is 13.4. The topological polar surface area (TPSA) is 93.4 Å². The summed E-state index contributed by atoms with van der Waals surface area (Å²) in [5, 5.41) is 5.74. The number of benzene rings is 2. The Balaban J connectivity index is 1.90. The third kappa shape index (κ3) is 6.30. The number of hydrogen-bond donors (Lipinski definition) is 3. The van der Waals surface area contributed by atoms with Crippen LogP contribution >= 0.6 is 0 Å². The van der Waals surface area contributed by atoms with Crippen LogP contribution in [0, 0.1) is 5.92 Å². The minimum Gasteiger partial charge on any atom is -0.494 e. The summed E-state index contributed by atoms with van der Waals surface area (Å²) in [4.78, 5) is 25.1. The van der Waals surface area contributed by atoms with Crippen LogP contribution in [-0.2, 0) is 11.2 Å². The van der Waals surface area contributed by atoms with Gasteiger partial charge in [-0.1, -0.05) is 26.0 Å². The molecule has 1 atom stereocenters. The first-order valence-electron chi connectivity index (χ1n) is 9.56. The SMILES string of the molecule is CCOc1ccc(C(=O)NC(C(=O)NCCc2ccc(N)cc2)C(C)C)cc1. The van der Waals surface area contributed by atoms with Crippen molar-refractivity contribution < 1.29 is 14.3 Å². The zero-order valence-electron chi connectivity index (χ0n) is 16.7. The van der Waals surface area contributed by atoms with Crippen molar-refractivity contribution >= 4 is 17.5 Å². The van der Waals surface area contributed by atoms with E-state index in [2.05, 4.69) is 10.6 Å². The van der Waals surface area contributed by atoms with Crippen LogP contribution < -0.4 is 21.1 Å². The number of nitrogens with one attached hydrogen (secondary N) is 2. The molecule has 4 N–H and O–H groups in total. The van der Waals surface area contributed by atoms with Crippen molar-refractivity contribution in [1.82, 2.24) is 10.6 Å². The van der Waals surface area contributed by atoms with E-state index in [4.69, 9.17) is 10.5 Å². The van der Waals surface area contributed by atoms with Crippen LogP contribution in [0.4, 0.5) is 5.69 Å². The second kappa shape index (κ2) is 10.3. The van der Waals surface area contributed by atoms with Gasteiger partial charge in [0.15, 0.2) is 0 Å². The molecule has 0 aromatic heterocycles. The van der Waals surface area contributed by atoms with Gasteiger partial charge in [-0.25, -0.2) is 0 Å². The highest BCUT2D eigenvalue weighted by atomic mass is 16.5. The Hall–Kier alpha value is -3.02. The van der Waals surface area contributed by atoms with Crippen molar-refractivity contribution in [2.24, 2.45) is 5.92 Å². The van der Waals surface area contributed by atoms with E-state index in [1.54, 1.807) is 24.3 Å². The maximum absolute atomic E-state index is 12.6. The Morgan fingerprint density at radius 3 is 2.25 bits per heavy atom. The summed E-state index contributed by atoms with van der Waals surface area (Å²) >= 11 is 0. The molecule has 0 heterocycles. The Morgan fingerprint density at radius 1 is 1.04 bits per heavy atom. The number of nitrogen functional groups attached to an aromatic ring is 1. The van der Waals surface area contributed by atoms with Gasteiger partial charge < -0.3 is 21.1 Å². The molecular weight excluding hydrogens is 354 g/mol. The van der Waals surface area contributed by atoms with E-state index in [9.17, 15) is 9.59 Å². The summed E-state index contributed by atoms with van der Waals surface area (Å²) in [5.41, 5.74) is 7.97. The van der Waals surface area contributed by atoms with Crippen molar-refractivity contribution in [3.05, 3.63) is 59.7 Å². The Labute approximate surface area is 166 Å². The first-order valence-corrected chi connectivity index (χ1v) is 9.56. The fourth-order valence-corrected chi connectivity index (χ4v) is 2.75. The van der Waals surface area contributed by atoms with Crippen LogP contribution in [-0.4, -0.2) is 31.0 Å². The van der Waals surface area contributed by atoms with E-state index >= 15 is 0 Å². The van der Waals surface area contributed by atoms with Crippen LogP contribution in [0.2, 0.25) is 0 Å². The van der Waals surface area contributed by atoms with Crippen molar-refractivity contribution in [1.29, 1.82) is 0 Å².